The number of carboxylic acid groups (broad SMARTS) is 1. The Morgan fingerprint density at radius 2 is 1.95 bits per heavy atom. The lowest BCUT2D eigenvalue weighted by molar-refractivity contribution is -0.384. The lowest BCUT2D eigenvalue weighted by atomic mass is 10.1. The highest BCUT2D eigenvalue weighted by Gasteiger charge is 2.31. The van der Waals surface area contributed by atoms with E-state index < -0.39 is 33.5 Å². The maximum Gasteiger partial charge on any atom is 0.341 e. The van der Waals surface area contributed by atoms with Crippen LogP contribution in [-0.2, 0) is 6.54 Å². The van der Waals surface area contributed by atoms with Crippen molar-refractivity contribution in [1.82, 2.24) is 9.47 Å². The molecular formula is C24H23F2N5O5S. The number of fused-ring (bicyclic) bond motifs is 1. The van der Waals surface area contributed by atoms with Gasteiger partial charge in [0, 0.05) is 56.2 Å². The normalized spacial score (nSPS) is 15.6. The fourth-order valence-corrected chi connectivity index (χ4v) is 4.88. The number of pyridine rings is 1. The number of non-ortho nitro benzene ring substituents is 1. The van der Waals surface area contributed by atoms with Crippen LogP contribution in [0.2, 0.25) is 0 Å². The van der Waals surface area contributed by atoms with Crippen molar-refractivity contribution in [2.45, 2.75) is 26.4 Å². The summed E-state index contributed by atoms with van der Waals surface area (Å²) in [7, 11) is 0. The first kappa shape index (κ1) is 25.9. The maximum absolute atomic E-state index is 15.7. The van der Waals surface area contributed by atoms with Crippen LogP contribution in [0.25, 0.3) is 10.9 Å². The molecule has 3 aromatic rings. The van der Waals surface area contributed by atoms with Crippen LogP contribution in [0.3, 0.4) is 0 Å². The van der Waals surface area contributed by atoms with E-state index in [0.29, 0.717) is 17.3 Å². The van der Waals surface area contributed by atoms with Crippen LogP contribution in [0.5, 0.6) is 0 Å². The van der Waals surface area contributed by atoms with Crippen LogP contribution in [0.1, 0.15) is 24.2 Å². The van der Waals surface area contributed by atoms with Gasteiger partial charge in [-0.1, -0.05) is 0 Å². The second-order valence-electron chi connectivity index (χ2n) is 8.60. The Kier molecular flexibility index (Phi) is 7.07. The third-order valence-electron chi connectivity index (χ3n) is 6.33. The van der Waals surface area contributed by atoms with Gasteiger partial charge in [-0.25, -0.2) is 13.6 Å². The Bertz CT molecular complexity index is 1480. The number of piperazine rings is 1. The summed E-state index contributed by atoms with van der Waals surface area (Å²) in [6, 6.07) is 6.42. The molecule has 4 rings (SSSR count). The summed E-state index contributed by atoms with van der Waals surface area (Å²) in [5, 5.41) is 23.2. The molecule has 1 fully saturated rings. The molecule has 1 aromatic heterocycles. The van der Waals surface area contributed by atoms with Crippen molar-refractivity contribution in [2.24, 2.45) is 0 Å². The van der Waals surface area contributed by atoms with Crippen molar-refractivity contribution in [2.75, 3.05) is 29.9 Å². The number of aromatic carboxylic acids is 1. The molecule has 2 aromatic carbocycles. The first-order chi connectivity index (χ1) is 17.5. The van der Waals surface area contributed by atoms with Gasteiger partial charge in [-0.05, 0) is 44.3 Å². The molecular weight excluding hydrogens is 508 g/mol. The fourth-order valence-electron chi connectivity index (χ4n) is 4.49. The highest BCUT2D eigenvalue weighted by molar-refractivity contribution is 7.80. The second-order valence-corrected chi connectivity index (χ2v) is 8.99. The van der Waals surface area contributed by atoms with Crippen molar-refractivity contribution >= 4 is 51.3 Å². The quantitative estimate of drug-likeness (QED) is 0.288. The zero-order valence-corrected chi connectivity index (χ0v) is 20.7. The van der Waals surface area contributed by atoms with E-state index in [1.165, 1.54) is 33.7 Å². The number of nitro groups is 1. The van der Waals surface area contributed by atoms with E-state index in [-0.39, 0.29) is 48.0 Å². The molecule has 2 heterocycles. The fraction of sp³-hybridized carbons (Fsp3) is 0.292. The summed E-state index contributed by atoms with van der Waals surface area (Å²) in [4.78, 5) is 37.8. The van der Waals surface area contributed by atoms with Crippen molar-refractivity contribution < 1.29 is 23.6 Å². The minimum absolute atomic E-state index is 0.0504. The highest BCUT2D eigenvalue weighted by atomic mass is 32.1. The van der Waals surface area contributed by atoms with Gasteiger partial charge in [-0.2, -0.15) is 0 Å². The van der Waals surface area contributed by atoms with Crippen LogP contribution in [0.4, 0.5) is 25.8 Å². The molecule has 194 valence electrons. The number of nitrogens with one attached hydrogen (secondary N) is 1. The van der Waals surface area contributed by atoms with Crippen LogP contribution in [-0.4, -0.2) is 56.3 Å². The highest BCUT2D eigenvalue weighted by Crippen LogP contribution is 2.32. The summed E-state index contributed by atoms with van der Waals surface area (Å²) >= 11 is 5.50. The van der Waals surface area contributed by atoms with Crippen molar-refractivity contribution in [3.8, 4) is 0 Å². The Balaban J connectivity index is 1.59. The van der Waals surface area contributed by atoms with E-state index in [1.807, 2.05) is 11.8 Å². The van der Waals surface area contributed by atoms with Gasteiger partial charge >= 0.3 is 5.97 Å². The first-order valence-electron chi connectivity index (χ1n) is 11.4. The molecule has 1 unspecified atom stereocenters. The third kappa shape index (κ3) is 4.81. The topological polar surface area (TPSA) is 121 Å². The van der Waals surface area contributed by atoms with Crippen LogP contribution in [0, 0.1) is 21.7 Å². The predicted octanol–water partition coefficient (Wildman–Crippen LogP) is 3.81. The summed E-state index contributed by atoms with van der Waals surface area (Å²) < 4.78 is 32.2. The molecule has 0 aliphatic carbocycles. The average Bonchev–Trinajstić information content (AvgIpc) is 2.84. The van der Waals surface area contributed by atoms with E-state index in [4.69, 9.17) is 12.2 Å². The number of anilines is 2. The summed E-state index contributed by atoms with van der Waals surface area (Å²) in [6.45, 7) is 4.44. The Labute approximate surface area is 214 Å². The van der Waals surface area contributed by atoms with Crippen molar-refractivity contribution in [3.63, 3.8) is 0 Å². The largest absolute Gasteiger partial charge is 0.477 e. The van der Waals surface area contributed by atoms with Gasteiger partial charge in [0.1, 0.15) is 17.1 Å². The lowest BCUT2D eigenvalue weighted by Gasteiger charge is -2.42. The molecule has 2 N–H and O–H groups in total. The number of hydrogen-bond acceptors (Lipinski definition) is 6. The van der Waals surface area contributed by atoms with Crippen molar-refractivity contribution in [1.29, 1.82) is 0 Å². The Morgan fingerprint density at radius 3 is 2.51 bits per heavy atom. The van der Waals surface area contributed by atoms with Gasteiger partial charge in [0.2, 0.25) is 5.43 Å². The molecule has 1 aliphatic rings. The van der Waals surface area contributed by atoms with E-state index in [9.17, 15) is 24.8 Å². The molecule has 0 amide bonds. The number of hydrogen-bond donors (Lipinski definition) is 2. The standard InChI is InChI=1S/C24H23F2N5O5S/c1-3-28-12-17(23(33)34)22(32)16-10-18(25)21(19(26)20(16)28)29-8-9-30(13(2)11-29)24(37)27-14-4-6-15(7-5-14)31(35)36/h4-7,10,12-13H,3,8-9,11H2,1-2H3,(H,27,37)(H,33,34). The molecule has 10 nitrogen and oxygen atoms in total. The number of halogens is 2. The maximum atomic E-state index is 15.7. The molecule has 37 heavy (non-hydrogen) atoms. The van der Waals surface area contributed by atoms with Gasteiger partial charge in [-0.3, -0.25) is 14.9 Å². The van der Waals surface area contributed by atoms with Gasteiger partial charge in [0.15, 0.2) is 10.9 Å². The number of nitrogens with zero attached hydrogens (tertiary/aromatic N) is 4. The zero-order valence-electron chi connectivity index (χ0n) is 19.9. The average molecular weight is 532 g/mol. The summed E-state index contributed by atoms with van der Waals surface area (Å²) in [5.41, 5.74) is -1.44. The van der Waals surface area contributed by atoms with Gasteiger partial charge in [0.25, 0.3) is 5.69 Å². The lowest BCUT2D eigenvalue weighted by Crippen LogP contribution is -2.55. The van der Waals surface area contributed by atoms with E-state index in [1.54, 1.807) is 6.92 Å². The molecule has 1 aliphatic heterocycles. The smallest absolute Gasteiger partial charge is 0.341 e. The molecule has 0 spiro atoms. The molecule has 0 bridgehead atoms. The van der Waals surface area contributed by atoms with E-state index >= 15 is 8.78 Å². The van der Waals surface area contributed by atoms with Crippen molar-refractivity contribution in [3.05, 3.63) is 74.1 Å². The molecule has 1 atom stereocenters. The Hall–Kier alpha value is -4.13. The number of benzene rings is 2. The number of thiocarbonyl (C=S) groups is 1. The second kappa shape index (κ2) is 10.1. The van der Waals surface area contributed by atoms with Crippen LogP contribution in [0.15, 0.2) is 41.3 Å². The van der Waals surface area contributed by atoms with Gasteiger partial charge in [-0.15, -0.1) is 0 Å². The number of carboxylic acids is 1. The molecule has 0 saturated carbocycles. The number of aryl methyl sites for hydroxylation is 1. The number of carbonyl (C=O) groups is 1. The predicted molar refractivity (Wildman–Crippen MR) is 138 cm³/mol. The van der Waals surface area contributed by atoms with Gasteiger partial charge in [0.05, 0.1) is 15.8 Å². The number of nitro benzene ring substituents is 1. The molecule has 0 radical (unpaired) electrons. The summed E-state index contributed by atoms with van der Waals surface area (Å²) in [6.07, 6.45) is 1.07. The number of aromatic nitrogens is 1. The first-order valence-corrected chi connectivity index (χ1v) is 11.8. The zero-order chi connectivity index (χ0) is 27.0. The minimum Gasteiger partial charge on any atom is -0.477 e. The molecule has 1 saturated heterocycles. The SMILES string of the molecule is CCn1cc(C(=O)O)c(=O)c2cc(F)c(N3CCN(C(=S)Nc4ccc([N+](=O)[O-])cc4)C(C)C3)c(F)c21. The van der Waals surface area contributed by atoms with Crippen LogP contribution < -0.4 is 15.6 Å². The molecule has 13 heteroatoms. The van der Waals surface area contributed by atoms with Crippen LogP contribution >= 0.6 is 12.2 Å². The van der Waals surface area contributed by atoms with E-state index in [0.717, 1.165) is 12.3 Å². The minimum atomic E-state index is -1.47. The monoisotopic (exact) mass is 531 g/mol. The van der Waals surface area contributed by atoms with Gasteiger partial charge < -0.3 is 24.8 Å². The number of rotatable bonds is 5. The Morgan fingerprint density at radius 1 is 1.27 bits per heavy atom. The van der Waals surface area contributed by atoms with E-state index in [2.05, 4.69) is 5.32 Å². The third-order valence-corrected chi connectivity index (χ3v) is 6.67. The summed E-state index contributed by atoms with van der Waals surface area (Å²) in [5.74, 6) is -3.36.